The molecule has 0 aliphatic carbocycles. The molecule has 5 nitrogen and oxygen atoms in total. The first-order valence-electron chi connectivity index (χ1n) is 7.14. The molecule has 0 aliphatic rings. The second-order valence-electron chi connectivity index (χ2n) is 4.66. The molecule has 0 bridgehead atoms. The molecule has 0 radical (unpaired) electrons. The van der Waals surface area contributed by atoms with Crippen LogP contribution in [0.4, 0.5) is 5.69 Å². The number of ether oxygens (including phenoxy) is 2. The molecule has 5 heteroatoms. The largest absolute Gasteiger partial charge is 0.493 e. The van der Waals surface area contributed by atoms with Crippen LogP contribution < -0.4 is 20.3 Å². The van der Waals surface area contributed by atoms with Crippen molar-refractivity contribution in [1.29, 1.82) is 0 Å². The van der Waals surface area contributed by atoms with E-state index in [0.29, 0.717) is 24.5 Å². The minimum atomic E-state index is -0.282. The van der Waals surface area contributed by atoms with E-state index in [0.717, 1.165) is 11.3 Å². The summed E-state index contributed by atoms with van der Waals surface area (Å²) in [6, 6.07) is 15.3. The highest BCUT2D eigenvalue weighted by Gasteiger charge is 2.09. The van der Waals surface area contributed by atoms with Crippen LogP contribution in [0.25, 0.3) is 0 Å². The topological polar surface area (TPSA) is 59.6 Å². The number of para-hydroxylation sites is 1. The van der Waals surface area contributed by atoms with Gasteiger partial charge in [-0.05, 0) is 29.8 Å². The summed E-state index contributed by atoms with van der Waals surface area (Å²) in [5, 5.41) is 0. The van der Waals surface area contributed by atoms with Crippen molar-refractivity contribution in [3.63, 3.8) is 0 Å². The number of rotatable bonds is 7. The molecular weight excluding hydrogens is 280 g/mol. The summed E-state index contributed by atoms with van der Waals surface area (Å²) in [7, 11) is 1.55. The molecule has 116 valence electrons. The third-order valence-electron chi connectivity index (χ3n) is 3.04. The molecule has 0 heterocycles. The summed E-state index contributed by atoms with van der Waals surface area (Å²) in [6.07, 6.45) is 0.327. The van der Waals surface area contributed by atoms with E-state index in [1.807, 2.05) is 42.5 Å². The van der Waals surface area contributed by atoms with Crippen LogP contribution in [0, 0.1) is 0 Å². The summed E-state index contributed by atoms with van der Waals surface area (Å²) >= 11 is 0. The van der Waals surface area contributed by atoms with Crippen LogP contribution in [0.1, 0.15) is 18.9 Å². The SMILES string of the molecule is CCC(=O)Oc1ccc(CNNc2ccccc2)cc1OC. The van der Waals surface area contributed by atoms with E-state index in [1.165, 1.54) is 0 Å². The molecule has 0 saturated carbocycles. The molecule has 22 heavy (non-hydrogen) atoms. The number of carbonyl (C=O) groups is 1. The zero-order valence-corrected chi connectivity index (χ0v) is 12.8. The third kappa shape index (κ3) is 4.49. The number of hydrogen-bond acceptors (Lipinski definition) is 5. The van der Waals surface area contributed by atoms with Crippen LogP contribution in [-0.4, -0.2) is 13.1 Å². The Bertz CT molecular complexity index is 615. The van der Waals surface area contributed by atoms with Crippen LogP contribution in [0.2, 0.25) is 0 Å². The normalized spacial score (nSPS) is 10.1. The standard InChI is InChI=1S/C17H20N2O3/c1-3-17(20)22-15-10-9-13(11-16(15)21-2)12-18-19-14-7-5-4-6-8-14/h4-11,18-19H,3,12H2,1-2H3. The predicted octanol–water partition coefficient (Wildman–Crippen LogP) is 3.13. The molecule has 0 spiro atoms. The van der Waals surface area contributed by atoms with Crippen LogP contribution >= 0.6 is 0 Å². The van der Waals surface area contributed by atoms with E-state index in [1.54, 1.807) is 20.1 Å². The monoisotopic (exact) mass is 300 g/mol. The second kappa shape index (κ2) is 8.05. The van der Waals surface area contributed by atoms with Gasteiger partial charge in [-0.3, -0.25) is 4.79 Å². The quantitative estimate of drug-likeness (QED) is 0.467. The number of nitrogens with one attached hydrogen (secondary N) is 2. The van der Waals surface area contributed by atoms with Gasteiger partial charge in [-0.2, -0.15) is 0 Å². The van der Waals surface area contributed by atoms with Crippen LogP contribution in [0.3, 0.4) is 0 Å². The van der Waals surface area contributed by atoms with E-state index in [4.69, 9.17) is 9.47 Å². The predicted molar refractivity (Wildman–Crippen MR) is 85.8 cm³/mol. The lowest BCUT2D eigenvalue weighted by Gasteiger charge is -2.12. The highest BCUT2D eigenvalue weighted by atomic mass is 16.6. The van der Waals surface area contributed by atoms with E-state index >= 15 is 0 Å². The van der Waals surface area contributed by atoms with Crippen molar-refractivity contribution in [3.05, 3.63) is 54.1 Å². The minimum absolute atomic E-state index is 0.282. The van der Waals surface area contributed by atoms with Crippen molar-refractivity contribution in [1.82, 2.24) is 5.43 Å². The van der Waals surface area contributed by atoms with Gasteiger partial charge in [-0.25, -0.2) is 5.43 Å². The number of anilines is 1. The first-order valence-corrected chi connectivity index (χ1v) is 7.14. The zero-order chi connectivity index (χ0) is 15.8. The molecule has 2 N–H and O–H groups in total. The summed E-state index contributed by atoms with van der Waals surface area (Å²) in [6.45, 7) is 2.36. The van der Waals surface area contributed by atoms with E-state index in [9.17, 15) is 4.79 Å². The Labute approximate surface area is 130 Å². The first-order chi connectivity index (χ1) is 10.7. The molecular formula is C17H20N2O3. The molecule has 2 rings (SSSR count). The Morgan fingerprint density at radius 3 is 2.55 bits per heavy atom. The van der Waals surface area contributed by atoms with Gasteiger partial charge >= 0.3 is 5.97 Å². The Morgan fingerprint density at radius 1 is 1.09 bits per heavy atom. The molecule has 0 saturated heterocycles. The maximum absolute atomic E-state index is 11.4. The Kier molecular flexibility index (Phi) is 5.80. The maximum Gasteiger partial charge on any atom is 0.311 e. The number of hydrazine groups is 1. The maximum atomic E-state index is 11.4. The van der Waals surface area contributed by atoms with Gasteiger partial charge in [-0.1, -0.05) is 31.2 Å². The molecule has 0 aromatic heterocycles. The number of benzene rings is 2. The minimum Gasteiger partial charge on any atom is -0.493 e. The van der Waals surface area contributed by atoms with Crippen LogP contribution in [0.5, 0.6) is 11.5 Å². The van der Waals surface area contributed by atoms with Crippen molar-refractivity contribution in [3.8, 4) is 11.5 Å². The average Bonchev–Trinajstić information content (AvgIpc) is 2.56. The average molecular weight is 300 g/mol. The first kappa shape index (κ1) is 15.9. The molecule has 0 amide bonds. The number of carbonyl (C=O) groups excluding carboxylic acids is 1. The lowest BCUT2D eigenvalue weighted by Crippen LogP contribution is -2.20. The lowest BCUT2D eigenvalue weighted by atomic mass is 10.2. The molecule has 0 unspecified atom stereocenters. The van der Waals surface area contributed by atoms with Gasteiger partial charge in [0.15, 0.2) is 11.5 Å². The van der Waals surface area contributed by atoms with Crippen LogP contribution in [0.15, 0.2) is 48.5 Å². The molecule has 0 aliphatic heterocycles. The Morgan fingerprint density at radius 2 is 1.86 bits per heavy atom. The van der Waals surface area contributed by atoms with Gasteiger partial charge in [0.1, 0.15) is 0 Å². The van der Waals surface area contributed by atoms with Crippen molar-refractivity contribution in [2.75, 3.05) is 12.5 Å². The van der Waals surface area contributed by atoms with Gasteiger partial charge < -0.3 is 14.9 Å². The van der Waals surface area contributed by atoms with E-state index in [-0.39, 0.29) is 5.97 Å². The highest BCUT2D eigenvalue weighted by molar-refractivity contribution is 5.72. The molecule has 0 fully saturated rings. The fourth-order valence-corrected chi connectivity index (χ4v) is 1.87. The van der Waals surface area contributed by atoms with E-state index < -0.39 is 0 Å². The lowest BCUT2D eigenvalue weighted by molar-refractivity contribution is -0.134. The van der Waals surface area contributed by atoms with Gasteiger partial charge in [-0.15, -0.1) is 0 Å². The summed E-state index contributed by atoms with van der Waals surface area (Å²) in [5.41, 5.74) is 8.24. The third-order valence-corrected chi connectivity index (χ3v) is 3.04. The Balaban J connectivity index is 1.95. The summed E-state index contributed by atoms with van der Waals surface area (Å²) < 4.78 is 10.5. The molecule has 2 aromatic rings. The fraction of sp³-hybridized carbons (Fsp3) is 0.235. The molecule has 2 aromatic carbocycles. The summed E-state index contributed by atoms with van der Waals surface area (Å²) in [5.74, 6) is 0.699. The van der Waals surface area contributed by atoms with Gasteiger partial charge in [0.2, 0.25) is 0 Å². The van der Waals surface area contributed by atoms with Gasteiger partial charge in [0, 0.05) is 18.7 Å². The number of hydrogen-bond donors (Lipinski definition) is 2. The van der Waals surface area contributed by atoms with Crippen molar-refractivity contribution >= 4 is 11.7 Å². The summed E-state index contributed by atoms with van der Waals surface area (Å²) in [4.78, 5) is 11.4. The van der Waals surface area contributed by atoms with Gasteiger partial charge in [0.05, 0.1) is 7.11 Å². The van der Waals surface area contributed by atoms with Crippen molar-refractivity contribution < 1.29 is 14.3 Å². The van der Waals surface area contributed by atoms with E-state index in [2.05, 4.69) is 10.9 Å². The second-order valence-corrected chi connectivity index (χ2v) is 4.66. The fourth-order valence-electron chi connectivity index (χ4n) is 1.87. The Hall–Kier alpha value is -2.53. The zero-order valence-electron chi connectivity index (χ0n) is 12.8. The highest BCUT2D eigenvalue weighted by Crippen LogP contribution is 2.28. The van der Waals surface area contributed by atoms with Crippen molar-refractivity contribution in [2.45, 2.75) is 19.9 Å². The van der Waals surface area contributed by atoms with Gasteiger partial charge in [0.25, 0.3) is 0 Å². The number of esters is 1. The molecule has 0 atom stereocenters. The van der Waals surface area contributed by atoms with Crippen molar-refractivity contribution in [2.24, 2.45) is 0 Å². The smallest absolute Gasteiger partial charge is 0.311 e. The van der Waals surface area contributed by atoms with Crippen LogP contribution in [-0.2, 0) is 11.3 Å². The number of methoxy groups -OCH3 is 1.